The lowest BCUT2D eigenvalue weighted by Crippen LogP contribution is -2.23. The van der Waals surface area contributed by atoms with Gasteiger partial charge in [0.15, 0.2) is 23.3 Å². The van der Waals surface area contributed by atoms with E-state index in [1.165, 1.54) is 16.7 Å². The fourth-order valence-corrected chi connectivity index (χ4v) is 3.79. The van der Waals surface area contributed by atoms with Crippen LogP contribution < -0.4 is 9.47 Å². The first kappa shape index (κ1) is 18.6. The molecule has 0 N–H and O–H groups in total. The Hall–Kier alpha value is -1.73. The molecule has 0 saturated carbocycles. The maximum Gasteiger partial charge on any atom is 0.266 e. The summed E-state index contributed by atoms with van der Waals surface area (Å²) in [6, 6.07) is 5.64. The van der Waals surface area contributed by atoms with Crippen LogP contribution in [0, 0.1) is 14.9 Å². The predicted molar refractivity (Wildman–Crippen MR) is 103 cm³/mol. The summed E-state index contributed by atoms with van der Waals surface area (Å²) in [5, 5.41) is 9.37. The van der Waals surface area contributed by atoms with Gasteiger partial charge < -0.3 is 9.47 Å². The van der Waals surface area contributed by atoms with Gasteiger partial charge in [-0.1, -0.05) is 0 Å². The van der Waals surface area contributed by atoms with Crippen molar-refractivity contribution in [2.75, 3.05) is 27.3 Å². The standard InChI is InChI=1S/C16H16IN3O3S/c1-4-22-12-8-10(7-11(17)14(12)23-6-5-18)9-13-15(21)20(3)16(19-2)24-13/h7-9H,4,6H2,1-3H3/b13-9-,19-16?. The molecule has 1 aromatic carbocycles. The Morgan fingerprint density at radius 3 is 2.79 bits per heavy atom. The number of thioether (sulfide) groups is 1. The van der Waals surface area contributed by atoms with Gasteiger partial charge in [0, 0.05) is 14.1 Å². The van der Waals surface area contributed by atoms with Crippen LogP contribution in [0.15, 0.2) is 22.0 Å². The highest BCUT2D eigenvalue weighted by Crippen LogP contribution is 2.37. The number of nitrogens with zero attached hydrogens (tertiary/aromatic N) is 3. The molecule has 1 heterocycles. The quantitative estimate of drug-likeness (QED) is 0.502. The van der Waals surface area contributed by atoms with Gasteiger partial charge in [-0.25, -0.2) is 0 Å². The third-order valence-corrected chi connectivity index (χ3v) is 5.06. The van der Waals surface area contributed by atoms with Gasteiger partial charge in [-0.05, 0) is 65.0 Å². The second kappa shape index (κ2) is 8.39. The molecule has 1 aliphatic heterocycles. The summed E-state index contributed by atoms with van der Waals surface area (Å²) in [5.41, 5.74) is 0.828. The normalized spacial score (nSPS) is 17.5. The molecule has 1 aliphatic rings. The molecule has 0 spiro atoms. The molecule has 1 aromatic rings. The molecule has 0 aromatic heterocycles. The van der Waals surface area contributed by atoms with Crippen LogP contribution >= 0.6 is 34.4 Å². The molecule has 1 amide bonds. The van der Waals surface area contributed by atoms with Gasteiger partial charge in [0.1, 0.15) is 6.07 Å². The number of halogens is 1. The van der Waals surface area contributed by atoms with Gasteiger partial charge >= 0.3 is 0 Å². The first-order valence-electron chi connectivity index (χ1n) is 7.12. The van der Waals surface area contributed by atoms with E-state index < -0.39 is 0 Å². The Morgan fingerprint density at radius 1 is 1.46 bits per heavy atom. The van der Waals surface area contributed by atoms with E-state index in [-0.39, 0.29) is 12.5 Å². The van der Waals surface area contributed by atoms with Crippen molar-refractivity contribution in [1.82, 2.24) is 4.90 Å². The Morgan fingerprint density at radius 2 is 2.21 bits per heavy atom. The molecule has 6 nitrogen and oxygen atoms in total. The number of ether oxygens (including phenoxy) is 2. The van der Waals surface area contributed by atoms with E-state index in [0.717, 1.165) is 9.13 Å². The molecular formula is C16H16IN3O3S. The minimum Gasteiger partial charge on any atom is -0.490 e. The topological polar surface area (TPSA) is 74.9 Å². The van der Waals surface area contributed by atoms with Gasteiger partial charge in [0.2, 0.25) is 0 Å². The number of amidine groups is 1. The van der Waals surface area contributed by atoms with Crippen molar-refractivity contribution < 1.29 is 14.3 Å². The maximum atomic E-state index is 12.2. The maximum absolute atomic E-state index is 12.2. The molecule has 24 heavy (non-hydrogen) atoms. The summed E-state index contributed by atoms with van der Waals surface area (Å²) < 4.78 is 11.9. The van der Waals surface area contributed by atoms with Crippen LogP contribution in [0.4, 0.5) is 0 Å². The summed E-state index contributed by atoms with van der Waals surface area (Å²) in [6.07, 6.45) is 1.81. The number of aliphatic imine (C=N–C) groups is 1. The zero-order chi connectivity index (χ0) is 17.7. The van der Waals surface area contributed by atoms with Crippen LogP contribution in [0.2, 0.25) is 0 Å². The average Bonchev–Trinajstić information content (AvgIpc) is 2.82. The van der Waals surface area contributed by atoms with Crippen LogP contribution in [0.1, 0.15) is 12.5 Å². The molecule has 0 aliphatic carbocycles. The van der Waals surface area contributed by atoms with Gasteiger partial charge in [0.05, 0.1) is 15.1 Å². The summed E-state index contributed by atoms with van der Waals surface area (Å²) in [5.74, 6) is 1.01. The number of likely N-dealkylation sites (N-methyl/N-ethyl adjacent to an activating group) is 1. The summed E-state index contributed by atoms with van der Waals surface area (Å²) >= 11 is 3.46. The molecule has 2 rings (SSSR count). The Balaban J connectivity index is 2.40. The van der Waals surface area contributed by atoms with Crippen LogP contribution in [-0.4, -0.2) is 43.3 Å². The van der Waals surface area contributed by atoms with Gasteiger partial charge in [0.25, 0.3) is 5.91 Å². The number of hydrogen-bond acceptors (Lipinski definition) is 6. The first-order valence-corrected chi connectivity index (χ1v) is 9.01. The third-order valence-electron chi connectivity index (χ3n) is 3.11. The highest BCUT2D eigenvalue weighted by molar-refractivity contribution is 14.1. The molecule has 0 atom stereocenters. The van der Waals surface area contributed by atoms with Gasteiger partial charge in [-0.3, -0.25) is 14.7 Å². The lowest BCUT2D eigenvalue weighted by molar-refractivity contribution is -0.121. The number of nitriles is 1. The minimum atomic E-state index is -0.0848. The average molecular weight is 457 g/mol. The van der Waals surface area contributed by atoms with E-state index in [2.05, 4.69) is 27.6 Å². The van der Waals surface area contributed by atoms with Crippen LogP contribution in [0.25, 0.3) is 6.08 Å². The van der Waals surface area contributed by atoms with E-state index in [1.54, 1.807) is 26.2 Å². The molecule has 0 unspecified atom stereocenters. The van der Waals surface area contributed by atoms with E-state index in [1.807, 2.05) is 19.1 Å². The minimum absolute atomic E-state index is 0.0496. The number of benzene rings is 1. The monoisotopic (exact) mass is 457 g/mol. The SMILES string of the molecule is CCOc1cc(/C=C2\SC(=NC)N(C)C2=O)cc(I)c1OCC#N. The molecule has 8 heteroatoms. The summed E-state index contributed by atoms with van der Waals surface area (Å²) in [7, 11) is 3.36. The highest BCUT2D eigenvalue weighted by Gasteiger charge is 2.29. The van der Waals surface area contributed by atoms with Gasteiger partial charge in [-0.2, -0.15) is 5.26 Å². The van der Waals surface area contributed by atoms with Crippen molar-refractivity contribution in [3.05, 3.63) is 26.2 Å². The van der Waals surface area contributed by atoms with Crippen molar-refractivity contribution in [3.63, 3.8) is 0 Å². The third kappa shape index (κ3) is 4.02. The van der Waals surface area contributed by atoms with Crippen molar-refractivity contribution in [2.45, 2.75) is 6.92 Å². The van der Waals surface area contributed by atoms with Crippen molar-refractivity contribution >= 4 is 51.5 Å². The van der Waals surface area contributed by atoms with Gasteiger partial charge in [-0.15, -0.1) is 0 Å². The number of hydrogen-bond donors (Lipinski definition) is 0. The Labute approximate surface area is 158 Å². The fraction of sp³-hybridized carbons (Fsp3) is 0.312. The molecular weight excluding hydrogens is 441 g/mol. The number of rotatable bonds is 5. The summed E-state index contributed by atoms with van der Waals surface area (Å²) in [6.45, 7) is 2.30. The van der Waals surface area contributed by atoms with Crippen molar-refractivity contribution in [1.29, 1.82) is 5.26 Å². The fourth-order valence-electron chi connectivity index (χ4n) is 2.08. The van der Waals surface area contributed by atoms with Crippen LogP contribution in [0.5, 0.6) is 11.5 Å². The first-order chi connectivity index (χ1) is 11.5. The Kier molecular flexibility index (Phi) is 6.51. The number of amides is 1. The lowest BCUT2D eigenvalue weighted by Gasteiger charge is -2.13. The van der Waals surface area contributed by atoms with E-state index >= 15 is 0 Å². The van der Waals surface area contributed by atoms with E-state index in [4.69, 9.17) is 14.7 Å². The number of carbonyl (C=O) groups excluding carboxylic acids is 1. The lowest BCUT2D eigenvalue weighted by atomic mass is 10.2. The zero-order valence-corrected chi connectivity index (χ0v) is 16.5. The van der Waals surface area contributed by atoms with Crippen molar-refractivity contribution in [2.24, 2.45) is 4.99 Å². The zero-order valence-electron chi connectivity index (χ0n) is 13.5. The molecule has 1 saturated heterocycles. The Bertz CT molecular complexity index is 756. The predicted octanol–water partition coefficient (Wildman–Crippen LogP) is 3.12. The highest BCUT2D eigenvalue weighted by atomic mass is 127. The van der Waals surface area contributed by atoms with Crippen molar-refractivity contribution in [3.8, 4) is 17.6 Å². The second-order valence-corrected chi connectivity index (χ2v) is 6.86. The van der Waals surface area contributed by atoms with Crippen LogP contribution in [-0.2, 0) is 4.79 Å². The molecule has 1 fully saturated rings. The molecule has 126 valence electrons. The summed E-state index contributed by atoms with van der Waals surface area (Å²) in [4.78, 5) is 18.5. The smallest absolute Gasteiger partial charge is 0.266 e. The van der Waals surface area contributed by atoms with E-state index in [0.29, 0.717) is 28.2 Å². The largest absolute Gasteiger partial charge is 0.490 e. The van der Waals surface area contributed by atoms with Crippen LogP contribution in [0.3, 0.4) is 0 Å². The molecule has 0 bridgehead atoms. The van der Waals surface area contributed by atoms with E-state index in [9.17, 15) is 4.79 Å². The molecule has 0 radical (unpaired) electrons. The number of carbonyl (C=O) groups is 1. The second-order valence-electron chi connectivity index (χ2n) is 4.69.